The highest BCUT2D eigenvalue weighted by Gasteiger charge is 2.53. The van der Waals surface area contributed by atoms with Crippen LogP contribution in [0, 0.1) is 18.8 Å². The highest BCUT2D eigenvalue weighted by molar-refractivity contribution is 7.09. The minimum Gasteiger partial charge on any atom is -0.357 e. The Hall–Kier alpha value is -0.680. The first kappa shape index (κ1) is 7.70. The quantitative estimate of drug-likeness (QED) is 0.722. The second-order valence-electron chi connectivity index (χ2n) is 3.80. The molecule has 13 heavy (non-hydrogen) atoms. The Morgan fingerprint density at radius 2 is 2.23 bits per heavy atom. The van der Waals surface area contributed by atoms with Crippen LogP contribution in [0.1, 0.15) is 5.82 Å². The lowest BCUT2D eigenvalue weighted by Crippen LogP contribution is -2.21. The third-order valence-electron chi connectivity index (χ3n) is 2.91. The number of nitrogens with one attached hydrogen (secondary N) is 2. The van der Waals surface area contributed by atoms with Crippen molar-refractivity contribution in [2.24, 2.45) is 11.8 Å². The van der Waals surface area contributed by atoms with E-state index in [1.54, 1.807) is 0 Å². The third kappa shape index (κ3) is 1.23. The van der Waals surface area contributed by atoms with Crippen LogP contribution in [0.15, 0.2) is 0 Å². The van der Waals surface area contributed by atoms with Crippen molar-refractivity contribution in [2.45, 2.75) is 13.0 Å². The molecule has 3 rings (SSSR count). The van der Waals surface area contributed by atoms with E-state index in [4.69, 9.17) is 0 Å². The molecule has 2 fully saturated rings. The van der Waals surface area contributed by atoms with Crippen LogP contribution >= 0.6 is 11.5 Å². The van der Waals surface area contributed by atoms with E-state index in [9.17, 15) is 0 Å². The Morgan fingerprint density at radius 1 is 1.46 bits per heavy atom. The minimum absolute atomic E-state index is 0.661. The first-order valence-corrected chi connectivity index (χ1v) is 5.39. The van der Waals surface area contributed by atoms with Gasteiger partial charge in [-0.3, -0.25) is 0 Å². The minimum atomic E-state index is 0.661. The number of anilines is 1. The fourth-order valence-corrected chi connectivity index (χ4v) is 2.75. The number of piperidine rings is 1. The van der Waals surface area contributed by atoms with E-state index in [1.807, 2.05) is 6.92 Å². The predicted molar refractivity (Wildman–Crippen MR) is 51.9 cm³/mol. The van der Waals surface area contributed by atoms with E-state index >= 15 is 0 Å². The SMILES string of the molecule is Cc1nsc(NC2C3CNCC32)n1. The van der Waals surface area contributed by atoms with Crippen LogP contribution in [0.2, 0.25) is 0 Å². The molecule has 2 atom stereocenters. The smallest absolute Gasteiger partial charge is 0.202 e. The van der Waals surface area contributed by atoms with Gasteiger partial charge in [-0.05, 0) is 18.8 Å². The molecule has 1 saturated carbocycles. The Balaban J connectivity index is 1.65. The highest BCUT2D eigenvalue weighted by atomic mass is 32.1. The summed E-state index contributed by atoms with van der Waals surface area (Å²) in [5, 5.41) is 7.80. The maximum atomic E-state index is 4.29. The van der Waals surface area contributed by atoms with Gasteiger partial charge < -0.3 is 10.6 Å². The van der Waals surface area contributed by atoms with Gasteiger partial charge in [0.05, 0.1) is 0 Å². The zero-order valence-electron chi connectivity index (χ0n) is 7.45. The van der Waals surface area contributed by atoms with Crippen LogP contribution in [0.4, 0.5) is 5.13 Å². The normalized spacial score (nSPS) is 35.9. The first-order valence-electron chi connectivity index (χ1n) is 4.62. The summed E-state index contributed by atoms with van der Waals surface area (Å²) in [5.74, 6) is 2.55. The fraction of sp³-hybridized carbons (Fsp3) is 0.750. The van der Waals surface area contributed by atoms with Crippen molar-refractivity contribution < 1.29 is 0 Å². The van der Waals surface area contributed by atoms with E-state index in [0.29, 0.717) is 6.04 Å². The molecule has 2 unspecified atom stereocenters. The number of hydrogen-bond donors (Lipinski definition) is 2. The molecule has 4 nitrogen and oxygen atoms in total. The summed E-state index contributed by atoms with van der Waals surface area (Å²) in [4.78, 5) is 4.29. The van der Waals surface area contributed by atoms with Gasteiger partial charge in [-0.15, -0.1) is 0 Å². The van der Waals surface area contributed by atoms with Crippen molar-refractivity contribution >= 4 is 16.7 Å². The van der Waals surface area contributed by atoms with Gasteiger partial charge in [0.15, 0.2) is 0 Å². The molecule has 1 aliphatic carbocycles. The van der Waals surface area contributed by atoms with Gasteiger partial charge in [0.25, 0.3) is 0 Å². The van der Waals surface area contributed by atoms with Crippen molar-refractivity contribution in [3.63, 3.8) is 0 Å². The number of nitrogens with zero attached hydrogens (tertiary/aromatic N) is 2. The molecule has 1 aromatic rings. The van der Waals surface area contributed by atoms with Crippen molar-refractivity contribution in [2.75, 3.05) is 18.4 Å². The van der Waals surface area contributed by atoms with Gasteiger partial charge in [-0.25, -0.2) is 4.98 Å². The van der Waals surface area contributed by atoms with E-state index in [0.717, 1.165) is 22.8 Å². The first-order chi connectivity index (χ1) is 6.34. The van der Waals surface area contributed by atoms with Crippen molar-refractivity contribution in [3.8, 4) is 0 Å². The van der Waals surface area contributed by atoms with Crippen LogP contribution in [0.3, 0.4) is 0 Å². The second-order valence-corrected chi connectivity index (χ2v) is 4.55. The van der Waals surface area contributed by atoms with Gasteiger partial charge in [0.1, 0.15) is 5.82 Å². The van der Waals surface area contributed by atoms with E-state index < -0.39 is 0 Å². The maximum Gasteiger partial charge on any atom is 0.202 e. The van der Waals surface area contributed by atoms with Crippen LogP contribution in [-0.2, 0) is 0 Å². The molecule has 0 aromatic carbocycles. The van der Waals surface area contributed by atoms with Gasteiger partial charge in [-0.1, -0.05) is 0 Å². The Kier molecular flexibility index (Phi) is 1.57. The molecule has 70 valence electrons. The van der Waals surface area contributed by atoms with Gasteiger partial charge >= 0.3 is 0 Å². The molecular weight excluding hydrogens is 184 g/mol. The summed E-state index contributed by atoms with van der Waals surface area (Å²) in [5.41, 5.74) is 0. The average Bonchev–Trinajstić information content (AvgIpc) is 2.58. The lowest BCUT2D eigenvalue weighted by Gasteiger charge is -2.04. The van der Waals surface area contributed by atoms with E-state index in [1.165, 1.54) is 24.6 Å². The van der Waals surface area contributed by atoms with Crippen molar-refractivity contribution in [1.29, 1.82) is 0 Å². The lowest BCUT2D eigenvalue weighted by molar-refractivity contribution is 0.696. The standard InChI is InChI=1S/C8H12N4S/c1-4-10-8(13-12-4)11-7-5-2-9-3-6(5)7/h5-7,9H,2-3H2,1H3,(H,10,11,12). The van der Waals surface area contributed by atoms with Crippen molar-refractivity contribution in [1.82, 2.24) is 14.7 Å². The predicted octanol–water partition coefficient (Wildman–Crippen LogP) is 0.476. The molecule has 1 aliphatic heterocycles. The van der Waals surface area contributed by atoms with Crippen LogP contribution < -0.4 is 10.6 Å². The van der Waals surface area contributed by atoms with E-state index in [2.05, 4.69) is 20.0 Å². The summed E-state index contributed by atoms with van der Waals surface area (Å²) in [7, 11) is 0. The summed E-state index contributed by atoms with van der Waals surface area (Å²) in [6.07, 6.45) is 0. The second kappa shape index (κ2) is 2.65. The number of fused-ring (bicyclic) bond motifs is 1. The Morgan fingerprint density at radius 3 is 2.85 bits per heavy atom. The zero-order chi connectivity index (χ0) is 8.84. The van der Waals surface area contributed by atoms with Crippen molar-refractivity contribution in [3.05, 3.63) is 5.82 Å². The van der Waals surface area contributed by atoms with E-state index in [-0.39, 0.29) is 0 Å². The molecule has 2 heterocycles. The Labute approximate surface area is 80.9 Å². The number of hydrogen-bond acceptors (Lipinski definition) is 5. The van der Waals surface area contributed by atoms with Gasteiger partial charge in [-0.2, -0.15) is 4.37 Å². The summed E-state index contributed by atoms with van der Waals surface area (Å²) in [6.45, 7) is 4.26. The molecule has 2 N–H and O–H groups in total. The van der Waals surface area contributed by atoms with Crippen LogP contribution in [-0.4, -0.2) is 28.5 Å². The molecule has 1 aromatic heterocycles. The number of aromatic nitrogens is 2. The topological polar surface area (TPSA) is 49.8 Å². The fourth-order valence-electron chi connectivity index (χ4n) is 2.13. The largest absolute Gasteiger partial charge is 0.357 e. The molecular formula is C8H12N4S. The zero-order valence-corrected chi connectivity index (χ0v) is 8.27. The molecule has 5 heteroatoms. The third-order valence-corrected chi connectivity index (χ3v) is 3.65. The average molecular weight is 196 g/mol. The maximum absolute atomic E-state index is 4.29. The van der Waals surface area contributed by atoms with Crippen LogP contribution in [0.5, 0.6) is 0 Å². The molecule has 0 amide bonds. The lowest BCUT2D eigenvalue weighted by atomic mass is 10.4. The number of rotatable bonds is 2. The number of aryl methyl sites for hydroxylation is 1. The summed E-state index contributed by atoms with van der Waals surface area (Å²) >= 11 is 1.46. The molecule has 2 aliphatic rings. The Bertz CT molecular complexity index is 314. The highest BCUT2D eigenvalue weighted by Crippen LogP contribution is 2.43. The summed E-state index contributed by atoms with van der Waals surface area (Å²) < 4.78 is 4.14. The summed E-state index contributed by atoms with van der Waals surface area (Å²) in [6, 6.07) is 0.661. The van der Waals surface area contributed by atoms with Gasteiger partial charge in [0.2, 0.25) is 5.13 Å². The molecule has 1 saturated heterocycles. The molecule has 0 spiro atoms. The van der Waals surface area contributed by atoms with Gasteiger partial charge in [0, 0.05) is 30.7 Å². The molecule has 0 bridgehead atoms. The van der Waals surface area contributed by atoms with Crippen LogP contribution in [0.25, 0.3) is 0 Å². The molecule has 0 radical (unpaired) electrons. The monoisotopic (exact) mass is 196 g/mol.